The van der Waals surface area contributed by atoms with Crippen LogP contribution >= 0.6 is 11.6 Å². The Balaban J connectivity index is 2.26. The predicted octanol–water partition coefficient (Wildman–Crippen LogP) is 4.23. The monoisotopic (exact) mass is 424 g/mol. The van der Waals surface area contributed by atoms with Gasteiger partial charge in [0.1, 0.15) is 11.8 Å². The van der Waals surface area contributed by atoms with Crippen LogP contribution in [0.1, 0.15) is 26.3 Å². The first-order valence-electron chi connectivity index (χ1n) is 8.82. The lowest BCUT2D eigenvalue weighted by Crippen LogP contribution is -2.45. The van der Waals surface area contributed by atoms with Crippen molar-refractivity contribution in [3.05, 3.63) is 53.1 Å². The number of amides is 1. The van der Waals surface area contributed by atoms with Crippen molar-refractivity contribution in [3.8, 4) is 5.75 Å². The molecule has 152 valence electrons. The molecule has 0 heterocycles. The van der Waals surface area contributed by atoms with Crippen LogP contribution in [0.15, 0.2) is 42.5 Å². The van der Waals surface area contributed by atoms with E-state index in [9.17, 15) is 13.2 Å². The van der Waals surface area contributed by atoms with Crippen molar-refractivity contribution in [1.29, 1.82) is 0 Å². The summed E-state index contributed by atoms with van der Waals surface area (Å²) in [5, 5.41) is 3.14. The van der Waals surface area contributed by atoms with Gasteiger partial charge in [0.15, 0.2) is 0 Å². The number of hydrogen-bond donors (Lipinski definition) is 1. The van der Waals surface area contributed by atoms with Crippen molar-refractivity contribution in [3.63, 3.8) is 0 Å². The Hall–Kier alpha value is -2.25. The number of sulfonamides is 1. The van der Waals surface area contributed by atoms with Gasteiger partial charge in [-0.2, -0.15) is 0 Å². The average molecular weight is 425 g/mol. The van der Waals surface area contributed by atoms with Gasteiger partial charge in [0.2, 0.25) is 15.9 Å². The first kappa shape index (κ1) is 22.0. The fraction of sp³-hybridized carbons (Fsp3) is 0.350. The summed E-state index contributed by atoms with van der Waals surface area (Å²) in [5.74, 6) is 0.232. The van der Waals surface area contributed by atoms with Crippen LogP contribution in [0.5, 0.6) is 5.75 Å². The van der Waals surface area contributed by atoms with Gasteiger partial charge in [-0.3, -0.25) is 9.10 Å². The van der Waals surface area contributed by atoms with Crippen LogP contribution in [0.25, 0.3) is 0 Å². The number of benzene rings is 2. The standard InChI is InChI=1S/C20H25ClN2O4S/c1-13(2)27-18-10-8-17(9-11-18)22-20(24)15(4)23(28(5,25)26)19-12-16(21)7-6-14(19)3/h6-13,15H,1-5H3,(H,22,24)/t15-/m1/s1. The van der Waals surface area contributed by atoms with Crippen molar-refractivity contribution in [2.45, 2.75) is 39.8 Å². The lowest BCUT2D eigenvalue weighted by atomic mass is 10.1. The molecule has 1 atom stereocenters. The summed E-state index contributed by atoms with van der Waals surface area (Å²) < 4.78 is 31.5. The molecule has 0 aromatic heterocycles. The summed E-state index contributed by atoms with van der Waals surface area (Å²) in [7, 11) is -3.72. The molecule has 0 aliphatic carbocycles. The Bertz CT molecular complexity index is 943. The lowest BCUT2D eigenvalue weighted by molar-refractivity contribution is -0.116. The van der Waals surface area contributed by atoms with Crippen molar-refractivity contribution < 1.29 is 17.9 Å². The highest BCUT2D eigenvalue weighted by molar-refractivity contribution is 7.92. The third-order valence-electron chi connectivity index (χ3n) is 3.99. The molecule has 0 radical (unpaired) electrons. The summed E-state index contributed by atoms with van der Waals surface area (Å²) in [6.45, 7) is 7.15. The van der Waals surface area contributed by atoms with E-state index in [-0.39, 0.29) is 6.10 Å². The number of nitrogens with one attached hydrogen (secondary N) is 1. The van der Waals surface area contributed by atoms with Gasteiger partial charge in [-0.05, 0) is 69.7 Å². The maximum absolute atomic E-state index is 12.8. The Morgan fingerprint density at radius 1 is 1.11 bits per heavy atom. The van der Waals surface area contributed by atoms with E-state index in [1.807, 2.05) is 13.8 Å². The van der Waals surface area contributed by atoms with Crippen LogP contribution < -0.4 is 14.4 Å². The number of carbonyl (C=O) groups is 1. The van der Waals surface area contributed by atoms with E-state index < -0.39 is 22.0 Å². The molecule has 0 aliphatic rings. The first-order chi connectivity index (χ1) is 13.0. The zero-order valence-electron chi connectivity index (χ0n) is 16.6. The molecule has 6 nitrogen and oxygen atoms in total. The Morgan fingerprint density at radius 2 is 1.71 bits per heavy atom. The number of rotatable bonds is 7. The van der Waals surface area contributed by atoms with Gasteiger partial charge >= 0.3 is 0 Å². The summed E-state index contributed by atoms with van der Waals surface area (Å²) in [6.07, 6.45) is 1.11. The highest BCUT2D eigenvalue weighted by atomic mass is 35.5. The summed E-state index contributed by atoms with van der Waals surface area (Å²) in [4.78, 5) is 12.8. The summed E-state index contributed by atoms with van der Waals surface area (Å²) in [5.41, 5.74) is 1.62. The number of ether oxygens (including phenoxy) is 1. The third-order valence-corrected chi connectivity index (χ3v) is 5.45. The highest BCUT2D eigenvalue weighted by Gasteiger charge is 2.30. The molecule has 0 saturated heterocycles. The van der Waals surface area contributed by atoms with Crippen LogP contribution in [-0.2, 0) is 14.8 Å². The molecule has 2 aromatic rings. The van der Waals surface area contributed by atoms with Crippen LogP contribution in [0.2, 0.25) is 5.02 Å². The van der Waals surface area contributed by atoms with Gasteiger partial charge in [-0.15, -0.1) is 0 Å². The smallest absolute Gasteiger partial charge is 0.247 e. The van der Waals surface area contributed by atoms with Gasteiger partial charge in [0.25, 0.3) is 0 Å². The quantitative estimate of drug-likeness (QED) is 0.721. The van der Waals surface area contributed by atoms with Crippen molar-refractivity contribution >= 4 is 38.9 Å². The van der Waals surface area contributed by atoms with Crippen molar-refractivity contribution in [2.24, 2.45) is 0 Å². The minimum absolute atomic E-state index is 0.0460. The molecule has 0 aliphatic heterocycles. The van der Waals surface area contributed by atoms with Gasteiger partial charge < -0.3 is 10.1 Å². The zero-order valence-corrected chi connectivity index (χ0v) is 18.1. The molecule has 1 amide bonds. The van der Waals surface area contributed by atoms with E-state index in [0.717, 1.165) is 10.6 Å². The van der Waals surface area contributed by atoms with Gasteiger partial charge in [-0.25, -0.2) is 8.42 Å². The number of aryl methyl sites for hydroxylation is 1. The summed E-state index contributed by atoms with van der Waals surface area (Å²) >= 11 is 6.04. The van der Waals surface area contributed by atoms with Crippen molar-refractivity contribution in [2.75, 3.05) is 15.9 Å². The van der Waals surface area contributed by atoms with Gasteiger partial charge in [0.05, 0.1) is 18.0 Å². The summed E-state index contributed by atoms with van der Waals surface area (Å²) in [6, 6.07) is 10.9. The highest BCUT2D eigenvalue weighted by Crippen LogP contribution is 2.28. The Labute approximate surface area is 171 Å². The molecule has 8 heteroatoms. The van der Waals surface area contributed by atoms with E-state index in [0.29, 0.717) is 27.7 Å². The number of nitrogens with zero attached hydrogens (tertiary/aromatic N) is 1. The van der Waals surface area contributed by atoms with E-state index in [4.69, 9.17) is 16.3 Å². The molecule has 0 spiro atoms. The van der Waals surface area contributed by atoms with E-state index >= 15 is 0 Å². The molecule has 2 aromatic carbocycles. The molecule has 0 bridgehead atoms. The van der Waals surface area contributed by atoms with Crippen LogP contribution in [0, 0.1) is 6.92 Å². The fourth-order valence-electron chi connectivity index (χ4n) is 2.74. The number of halogens is 1. The number of hydrogen-bond acceptors (Lipinski definition) is 4. The van der Waals surface area contributed by atoms with Gasteiger partial charge in [-0.1, -0.05) is 17.7 Å². The molecule has 28 heavy (non-hydrogen) atoms. The Kier molecular flexibility index (Phi) is 6.96. The minimum Gasteiger partial charge on any atom is -0.491 e. The van der Waals surface area contributed by atoms with Crippen LogP contribution in [-0.4, -0.2) is 32.7 Å². The molecule has 1 N–H and O–H groups in total. The van der Waals surface area contributed by atoms with Crippen LogP contribution in [0.3, 0.4) is 0 Å². The largest absolute Gasteiger partial charge is 0.491 e. The average Bonchev–Trinajstić information content (AvgIpc) is 2.58. The maximum atomic E-state index is 12.8. The second-order valence-corrected chi connectivity index (χ2v) is 9.14. The second-order valence-electron chi connectivity index (χ2n) is 6.85. The van der Waals surface area contributed by atoms with Crippen LogP contribution in [0.4, 0.5) is 11.4 Å². The molecule has 2 rings (SSSR count). The molecule has 0 saturated carbocycles. The number of anilines is 2. The lowest BCUT2D eigenvalue weighted by Gasteiger charge is -2.29. The maximum Gasteiger partial charge on any atom is 0.247 e. The Morgan fingerprint density at radius 3 is 2.25 bits per heavy atom. The van der Waals surface area contributed by atoms with E-state index in [1.165, 1.54) is 6.92 Å². The minimum atomic E-state index is -3.72. The zero-order chi connectivity index (χ0) is 21.1. The second kappa shape index (κ2) is 8.84. The SMILES string of the molecule is Cc1ccc(Cl)cc1N([C@H](C)C(=O)Nc1ccc(OC(C)C)cc1)S(C)(=O)=O. The van der Waals surface area contributed by atoms with E-state index in [1.54, 1.807) is 49.4 Å². The van der Waals surface area contributed by atoms with E-state index in [2.05, 4.69) is 5.32 Å². The molecular weight excluding hydrogens is 400 g/mol. The normalized spacial score (nSPS) is 12.5. The predicted molar refractivity (Wildman–Crippen MR) is 114 cm³/mol. The third kappa shape index (κ3) is 5.62. The topological polar surface area (TPSA) is 75.7 Å². The fourth-order valence-corrected chi connectivity index (χ4v) is 4.13. The molecule has 0 unspecified atom stereocenters. The first-order valence-corrected chi connectivity index (χ1v) is 11.0. The molecule has 0 fully saturated rings. The number of carbonyl (C=O) groups excluding carboxylic acids is 1. The van der Waals surface area contributed by atoms with Crippen molar-refractivity contribution in [1.82, 2.24) is 0 Å². The van der Waals surface area contributed by atoms with Gasteiger partial charge in [0, 0.05) is 10.7 Å². The molecular formula is C20H25ClN2O4S.